The van der Waals surface area contributed by atoms with Gasteiger partial charge >= 0.3 is 0 Å². The molecule has 0 aromatic carbocycles. The molecule has 2 atom stereocenters. The van der Waals surface area contributed by atoms with Crippen LogP contribution in [0, 0.1) is 0 Å². The van der Waals surface area contributed by atoms with Gasteiger partial charge in [0.15, 0.2) is 5.43 Å². The molecule has 0 bridgehead atoms. The Balaban J connectivity index is 0.00000196. The summed E-state index contributed by atoms with van der Waals surface area (Å²) >= 11 is 0. The number of aliphatic hydroxyl groups is 1. The molecule has 4 nitrogen and oxygen atoms in total. The average Bonchev–Trinajstić information content (AvgIpc) is 2.18. The van der Waals surface area contributed by atoms with E-state index < -0.39 is 0 Å². The Morgan fingerprint density at radius 1 is 1.40 bits per heavy atom. The van der Waals surface area contributed by atoms with E-state index in [-0.39, 0.29) is 44.8 Å². The number of pyridine rings is 1. The second-order valence-electron chi connectivity index (χ2n) is 3.21. The van der Waals surface area contributed by atoms with E-state index in [1.807, 2.05) is 6.92 Å². The number of ether oxygens (including phenoxy) is 1. The Bertz CT molecular complexity index is 319. The van der Waals surface area contributed by atoms with E-state index in [9.17, 15) is 4.79 Å². The Morgan fingerprint density at radius 2 is 1.93 bits per heavy atom. The molecule has 1 aromatic rings. The SMILES string of the molecule is CC(CO)OC(C)n1ccc(=O)cc1.[Pd]. The van der Waals surface area contributed by atoms with Crippen LogP contribution in [0.15, 0.2) is 29.3 Å². The zero-order chi connectivity index (χ0) is 10.6. The summed E-state index contributed by atoms with van der Waals surface area (Å²) < 4.78 is 7.21. The molecule has 0 radical (unpaired) electrons. The Labute approximate surface area is 103 Å². The summed E-state index contributed by atoms with van der Waals surface area (Å²) in [5, 5.41) is 8.79. The predicted molar refractivity (Wildman–Crippen MR) is 53.0 cm³/mol. The fraction of sp³-hybridized carbons (Fsp3) is 0.500. The van der Waals surface area contributed by atoms with Crippen LogP contribution in [-0.4, -0.2) is 22.4 Å². The van der Waals surface area contributed by atoms with Crippen molar-refractivity contribution in [3.05, 3.63) is 34.7 Å². The molecular formula is C10H15NO3Pd. The van der Waals surface area contributed by atoms with Crippen molar-refractivity contribution >= 4 is 0 Å². The van der Waals surface area contributed by atoms with Gasteiger partial charge in [0, 0.05) is 44.9 Å². The van der Waals surface area contributed by atoms with Gasteiger partial charge in [0.2, 0.25) is 0 Å². The smallest absolute Gasteiger partial charge is 0.181 e. The summed E-state index contributed by atoms with van der Waals surface area (Å²) in [6.07, 6.45) is 2.94. The summed E-state index contributed by atoms with van der Waals surface area (Å²) in [5.74, 6) is 0. The van der Waals surface area contributed by atoms with Gasteiger partial charge in [-0.2, -0.15) is 0 Å². The first-order chi connectivity index (χ1) is 6.63. The Hall–Kier alpha value is -0.468. The van der Waals surface area contributed by atoms with Crippen molar-refractivity contribution in [1.82, 2.24) is 4.57 Å². The third-order valence-corrected chi connectivity index (χ3v) is 1.93. The van der Waals surface area contributed by atoms with E-state index in [2.05, 4.69) is 0 Å². The van der Waals surface area contributed by atoms with Crippen molar-refractivity contribution in [3.8, 4) is 0 Å². The molecular weight excluding hydrogens is 289 g/mol. The van der Waals surface area contributed by atoms with E-state index in [0.29, 0.717) is 0 Å². The van der Waals surface area contributed by atoms with Crippen LogP contribution in [0.25, 0.3) is 0 Å². The van der Waals surface area contributed by atoms with E-state index in [1.165, 1.54) is 12.1 Å². The molecule has 0 aliphatic heterocycles. The molecule has 0 aliphatic rings. The number of nitrogens with zero attached hydrogens (tertiary/aromatic N) is 1. The van der Waals surface area contributed by atoms with Crippen molar-refractivity contribution in [2.75, 3.05) is 6.61 Å². The minimum absolute atomic E-state index is 0. The van der Waals surface area contributed by atoms with Gasteiger partial charge < -0.3 is 14.4 Å². The monoisotopic (exact) mass is 303 g/mol. The third kappa shape index (κ3) is 4.72. The molecule has 0 spiro atoms. The van der Waals surface area contributed by atoms with E-state index >= 15 is 0 Å². The van der Waals surface area contributed by atoms with Crippen LogP contribution in [0.3, 0.4) is 0 Å². The van der Waals surface area contributed by atoms with Crippen molar-refractivity contribution in [1.29, 1.82) is 0 Å². The van der Waals surface area contributed by atoms with Gasteiger partial charge in [-0.05, 0) is 13.8 Å². The Kier molecular flexibility index (Phi) is 6.70. The second kappa shape index (κ2) is 6.91. The number of hydrogen-bond donors (Lipinski definition) is 1. The number of hydrogen-bond acceptors (Lipinski definition) is 3. The van der Waals surface area contributed by atoms with Crippen molar-refractivity contribution < 1.29 is 30.3 Å². The van der Waals surface area contributed by atoms with E-state index in [0.717, 1.165) is 0 Å². The average molecular weight is 304 g/mol. The zero-order valence-electron chi connectivity index (χ0n) is 8.70. The van der Waals surface area contributed by atoms with Gasteiger partial charge in [0.05, 0.1) is 12.7 Å². The van der Waals surface area contributed by atoms with Crippen molar-refractivity contribution in [3.63, 3.8) is 0 Å². The molecule has 1 rings (SSSR count). The largest absolute Gasteiger partial charge is 0.394 e. The van der Waals surface area contributed by atoms with Crippen molar-refractivity contribution in [2.24, 2.45) is 0 Å². The van der Waals surface area contributed by atoms with Gasteiger partial charge in [-0.25, -0.2) is 0 Å². The maximum atomic E-state index is 10.8. The molecule has 1 aromatic heterocycles. The topological polar surface area (TPSA) is 51.5 Å². The summed E-state index contributed by atoms with van der Waals surface area (Å²) in [4.78, 5) is 10.8. The van der Waals surface area contributed by atoms with Gasteiger partial charge in [-0.15, -0.1) is 0 Å². The second-order valence-corrected chi connectivity index (χ2v) is 3.21. The summed E-state index contributed by atoms with van der Waals surface area (Å²) in [7, 11) is 0. The van der Waals surface area contributed by atoms with Gasteiger partial charge in [0.25, 0.3) is 0 Å². The molecule has 0 amide bonds. The minimum atomic E-state index is -0.204. The maximum absolute atomic E-state index is 10.8. The van der Waals surface area contributed by atoms with Crippen LogP contribution in [0.4, 0.5) is 0 Å². The van der Waals surface area contributed by atoms with Crippen LogP contribution in [0.5, 0.6) is 0 Å². The molecule has 88 valence electrons. The predicted octanol–water partition coefficient (Wildman–Crippen LogP) is 0.762. The molecule has 0 fully saturated rings. The molecule has 0 saturated carbocycles. The number of aromatic nitrogens is 1. The third-order valence-electron chi connectivity index (χ3n) is 1.93. The van der Waals surface area contributed by atoms with Crippen molar-refractivity contribution in [2.45, 2.75) is 26.2 Å². The molecule has 5 heteroatoms. The van der Waals surface area contributed by atoms with Crippen LogP contribution >= 0.6 is 0 Å². The zero-order valence-corrected chi connectivity index (χ0v) is 10.3. The van der Waals surface area contributed by atoms with Gasteiger partial charge in [-0.1, -0.05) is 0 Å². The molecule has 1 heterocycles. The first-order valence-electron chi connectivity index (χ1n) is 4.57. The summed E-state index contributed by atoms with van der Waals surface area (Å²) in [6.45, 7) is 3.64. The minimum Gasteiger partial charge on any atom is -0.394 e. The van der Waals surface area contributed by atoms with Crippen LogP contribution < -0.4 is 5.43 Å². The fourth-order valence-electron chi connectivity index (χ4n) is 1.12. The van der Waals surface area contributed by atoms with Gasteiger partial charge in [0.1, 0.15) is 6.23 Å². The standard InChI is InChI=1S/C10H15NO3.Pd/c1-8(7-12)14-9(2)11-5-3-10(13)4-6-11;/h3-6,8-9,12H,7H2,1-2H3;. The maximum Gasteiger partial charge on any atom is 0.181 e. The van der Waals surface area contributed by atoms with E-state index in [1.54, 1.807) is 23.9 Å². The summed E-state index contributed by atoms with van der Waals surface area (Å²) in [5.41, 5.74) is -0.0244. The quantitative estimate of drug-likeness (QED) is 0.836. The van der Waals surface area contributed by atoms with E-state index in [4.69, 9.17) is 9.84 Å². The molecule has 0 saturated heterocycles. The number of aliphatic hydroxyl groups excluding tert-OH is 1. The number of rotatable bonds is 4. The molecule has 0 aliphatic carbocycles. The molecule has 15 heavy (non-hydrogen) atoms. The first kappa shape index (κ1) is 14.5. The van der Waals surface area contributed by atoms with Crippen LogP contribution in [-0.2, 0) is 25.2 Å². The van der Waals surface area contributed by atoms with Crippen LogP contribution in [0.2, 0.25) is 0 Å². The molecule has 1 N–H and O–H groups in total. The fourth-order valence-corrected chi connectivity index (χ4v) is 1.12. The van der Waals surface area contributed by atoms with Crippen LogP contribution in [0.1, 0.15) is 20.1 Å². The molecule has 2 unspecified atom stereocenters. The summed E-state index contributed by atoms with van der Waals surface area (Å²) in [6, 6.07) is 2.95. The Morgan fingerprint density at radius 3 is 2.40 bits per heavy atom. The van der Waals surface area contributed by atoms with Gasteiger partial charge in [-0.3, -0.25) is 4.79 Å². The first-order valence-corrected chi connectivity index (χ1v) is 4.57. The normalized spacial score (nSPS) is 14.1.